The van der Waals surface area contributed by atoms with Crippen LogP contribution in [0.4, 0.5) is 5.82 Å². The Morgan fingerprint density at radius 3 is 2.52 bits per heavy atom. The van der Waals surface area contributed by atoms with E-state index < -0.39 is 0 Å². The van der Waals surface area contributed by atoms with E-state index in [9.17, 15) is 5.11 Å². The predicted molar refractivity (Wildman–Crippen MR) is 96.4 cm³/mol. The fourth-order valence-electron chi connectivity index (χ4n) is 2.99. The van der Waals surface area contributed by atoms with E-state index in [-0.39, 0.29) is 5.75 Å². The van der Waals surface area contributed by atoms with Gasteiger partial charge in [0.25, 0.3) is 0 Å². The number of rotatable bonds is 2. The van der Waals surface area contributed by atoms with Crippen LogP contribution in [-0.2, 0) is 0 Å². The molecule has 2 aromatic heterocycles. The smallest absolute Gasteiger partial charge is 0.138 e. The third-order valence-corrected chi connectivity index (χ3v) is 5.26. The molecule has 0 radical (unpaired) electrons. The summed E-state index contributed by atoms with van der Waals surface area (Å²) >= 11 is 1.75. The first-order valence-corrected chi connectivity index (χ1v) is 8.70. The Labute approximate surface area is 139 Å². The zero-order valence-corrected chi connectivity index (χ0v) is 13.9. The lowest BCUT2D eigenvalue weighted by Crippen LogP contribution is -2.44. The topological polar surface area (TPSA) is 39.6 Å². The molecule has 1 aliphatic heterocycles. The van der Waals surface area contributed by atoms with Gasteiger partial charge in [0.1, 0.15) is 11.6 Å². The van der Waals surface area contributed by atoms with Crippen molar-refractivity contribution in [2.24, 2.45) is 0 Å². The minimum absolute atomic E-state index is 0.283. The van der Waals surface area contributed by atoms with E-state index in [1.54, 1.807) is 23.5 Å². The highest BCUT2D eigenvalue weighted by molar-refractivity contribution is 7.17. The number of hydrogen-bond acceptors (Lipinski definition) is 5. The molecule has 1 N–H and O–H groups in total. The first kappa shape index (κ1) is 14.5. The van der Waals surface area contributed by atoms with Crippen LogP contribution in [0.15, 0.2) is 41.8 Å². The van der Waals surface area contributed by atoms with Gasteiger partial charge in [-0.1, -0.05) is 0 Å². The summed E-state index contributed by atoms with van der Waals surface area (Å²) in [5.41, 5.74) is 2.00. The molecule has 0 saturated carbocycles. The Hall–Kier alpha value is -2.11. The molecule has 0 unspecified atom stereocenters. The van der Waals surface area contributed by atoms with E-state index in [0.717, 1.165) is 43.3 Å². The molecule has 3 aromatic rings. The lowest BCUT2D eigenvalue weighted by molar-refractivity contribution is 0.312. The summed E-state index contributed by atoms with van der Waals surface area (Å²) in [5.74, 6) is 1.37. The molecule has 0 bridgehead atoms. The van der Waals surface area contributed by atoms with Crippen molar-refractivity contribution in [3.8, 4) is 17.0 Å². The molecule has 0 atom stereocenters. The molecule has 4 nitrogen and oxygen atoms in total. The maximum Gasteiger partial charge on any atom is 0.138 e. The number of piperazine rings is 1. The normalized spacial score (nSPS) is 16.1. The number of aromatic nitrogens is 1. The van der Waals surface area contributed by atoms with Gasteiger partial charge in [-0.25, -0.2) is 4.98 Å². The SMILES string of the molecule is CN1CCN(c2nc(-c3ccc(O)cc3)cc3sccc23)CC1. The minimum Gasteiger partial charge on any atom is -0.508 e. The van der Waals surface area contributed by atoms with Crippen molar-refractivity contribution < 1.29 is 5.11 Å². The Morgan fingerprint density at radius 2 is 1.78 bits per heavy atom. The highest BCUT2D eigenvalue weighted by Crippen LogP contribution is 2.34. The van der Waals surface area contributed by atoms with E-state index in [0.29, 0.717) is 0 Å². The summed E-state index contributed by atoms with van der Waals surface area (Å²) in [7, 11) is 2.16. The van der Waals surface area contributed by atoms with Crippen LogP contribution in [0, 0.1) is 0 Å². The minimum atomic E-state index is 0.283. The number of anilines is 1. The summed E-state index contributed by atoms with van der Waals surface area (Å²) < 4.78 is 1.26. The third kappa shape index (κ3) is 2.78. The number of nitrogens with zero attached hydrogens (tertiary/aromatic N) is 3. The molecule has 23 heavy (non-hydrogen) atoms. The van der Waals surface area contributed by atoms with Gasteiger partial charge in [0.2, 0.25) is 0 Å². The molecule has 1 fully saturated rings. The number of aromatic hydroxyl groups is 1. The van der Waals surface area contributed by atoms with Crippen LogP contribution < -0.4 is 4.90 Å². The Balaban J connectivity index is 1.79. The molecule has 1 saturated heterocycles. The zero-order chi connectivity index (χ0) is 15.8. The maximum atomic E-state index is 9.49. The second-order valence-electron chi connectivity index (χ2n) is 6.00. The summed E-state index contributed by atoms with van der Waals surface area (Å²) in [6, 6.07) is 11.6. The molecule has 5 heteroatoms. The standard InChI is InChI=1S/C18H19N3OS/c1-20-7-9-21(10-8-20)18-15-6-11-23-17(15)12-16(19-18)13-2-4-14(22)5-3-13/h2-6,11-12,22H,7-10H2,1H3. The second-order valence-corrected chi connectivity index (χ2v) is 6.95. The molecular weight excluding hydrogens is 306 g/mol. The van der Waals surface area contributed by atoms with E-state index in [4.69, 9.17) is 4.98 Å². The van der Waals surface area contributed by atoms with Gasteiger partial charge >= 0.3 is 0 Å². The Bertz CT molecular complexity index is 820. The Morgan fingerprint density at radius 1 is 1.04 bits per heavy atom. The summed E-state index contributed by atoms with van der Waals surface area (Å²) in [4.78, 5) is 9.69. The lowest BCUT2D eigenvalue weighted by Gasteiger charge is -2.33. The molecular formula is C18H19N3OS. The van der Waals surface area contributed by atoms with Gasteiger partial charge in [0, 0.05) is 41.8 Å². The molecule has 0 spiro atoms. The van der Waals surface area contributed by atoms with Gasteiger partial charge < -0.3 is 14.9 Å². The van der Waals surface area contributed by atoms with Crippen molar-refractivity contribution in [2.75, 3.05) is 38.1 Å². The van der Waals surface area contributed by atoms with Crippen molar-refractivity contribution in [1.29, 1.82) is 0 Å². The molecule has 4 rings (SSSR count). The van der Waals surface area contributed by atoms with Crippen LogP contribution in [0.3, 0.4) is 0 Å². The van der Waals surface area contributed by atoms with Crippen molar-refractivity contribution in [3.63, 3.8) is 0 Å². The van der Waals surface area contributed by atoms with Gasteiger partial charge in [-0.15, -0.1) is 11.3 Å². The van der Waals surface area contributed by atoms with Crippen LogP contribution in [0.5, 0.6) is 5.75 Å². The largest absolute Gasteiger partial charge is 0.508 e. The first-order chi connectivity index (χ1) is 11.2. The number of thiophene rings is 1. The van der Waals surface area contributed by atoms with E-state index in [1.807, 2.05) is 12.1 Å². The summed E-state index contributed by atoms with van der Waals surface area (Å²) in [6.45, 7) is 4.15. The maximum absolute atomic E-state index is 9.49. The second kappa shape index (κ2) is 5.83. The number of likely N-dealkylation sites (N-methyl/N-ethyl adjacent to an activating group) is 1. The Kier molecular flexibility index (Phi) is 3.67. The average Bonchev–Trinajstić information content (AvgIpc) is 3.04. The van der Waals surface area contributed by atoms with E-state index >= 15 is 0 Å². The van der Waals surface area contributed by atoms with Gasteiger partial charge in [-0.05, 0) is 48.8 Å². The van der Waals surface area contributed by atoms with Gasteiger partial charge in [-0.3, -0.25) is 0 Å². The van der Waals surface area contributed by atoms with Crippen LogP contribution in [0.1, 0.15) is 0 Å². The molecule has 118 valence electrons. The van der Waals surface area contributed by atoms with Crippen molar-refractivity contribution in [2.45, 2.75) is 0 Å². The van der Waals surface area contributed by atoms with Crippen molar-refractivity contribution in [1.82, 2.24) is 9.88 Å². The molecule has 0 aliphatic carbocycles. The number of phenols is 1. The van der Waals surface area contributed by atoms with Crippen LogP contribution in [0.2, 0.25) is 0 Å². The highest BCUT2D eigenvalue weighted by atomic mass is 32.1. The van der Waals surface area contributed by atoms with E-state index in [1.165, 1.54) is 10.1 Å². The van der Waals surface area contributed by atoms with Crippen molar-refractivity contribution in [3.05, 3.63) is 41.8 Å². The summed E-state index contributed by atoms with van der Waals surface area (Å²) in [6.07, 6.45) is 0. The summed E-state index contributed by atoms with van der Waals surface area (Å²) in [5, 5.41) is 12.9. The van der Waals surface area contributed by atoms with Crippen LogP contribution in [-0.4, -0.2) is 48.2 Å². The van der Waals surface area contributed by atoms with Gasteiger partial charge in [0.05, 0.1) is 5.69 Å². The number of pyridine rings is 1. The van der Waals surface area contributed by atoms with E-state index in [2.05, 4.69) is 34.4 Å². The molecule has 1 aromatic carbocycles. The third-order valence-electron chi connectivity index (χ3n) is 4.40. The van der Waals surface area contributed by atoms with Crippen LogP contribution in [0.25, 0.3) is 21.3 Å². The highest BCUT2D eigenvalue weighted by Gasteiger charge is 2.19. The monoisotopic (exact) mass is 325 g/mol. The zero-order valence-electron chi connectivity index (χ0n) is 13.1. The van der Waals surface area contributed by atoms with Gasteiger partial charge in [-0.2, -0.15) is 0 Å². The molecule has 3 heterocycles. The van der Waals surface area contributed by atoms with Gasteiger partial charge in [0.15, 0.2) is 0 Å². The quantitative estimate of drug-likeness (QED) is 0.784. The lowest BCUT2D eigenvalue weighted by atomic mass is 10.1. The number of fused-ring (bicyclic) bond motifs is 1. The first-order valence-electron chi connectivity index (χ1n) is 7.82. The van der Waals surface area contributed by atoms with Crippen molar-refractivity contribution >= 4 is 27.2 Å². The fourth-order valence-corrected chi connectivity index (χ4v) is 3.80. The van der Waals surface area contributed by atoms with Crippen LogP contribution >= 0.6 is 11.3 Å². The average molecular weight is 325 g/mol. The predicted octanol–water partition coefficient (Wildman–Crippen LogP) is 3.42. The molecule has 1 aliphatic rings. The number of phenolic OH excluding ortho intramolecular Hbond substituents is 1. The number of benzene rings is 1. The number of hydrogen-bond donors (Lipinski definition) is 1. The fraction of sp³-hybridized carbons (Fsp3) is 0.278. The molecule has 0 amide bonds.